The van der Waals surface area contributed by atoms with Crippen molar-refractivity contribution in [2.45, 2.75) is 66.1 Å². The zero-order valence-electron chi connectivity index (χ0n) is 19.3. The van der Waals surface area contributed by atoms with Gasteiger partial charge in [0.2, 0.25) is 0 Å². The Labute approximate surface area is 182 Å². The Bertz CT molecular complexity index is 979. The third kappa shape index (κ3) is 5.94. The van der Waals surface area contributed by atoms with E-state index in [4.69, 9.17) is 4.74 Å². The first-order valence-corrected chi connectivity index (χ1v) is 10.5. The summed E-state index contributed by atoms with van der Waals surface area (Å²) in [5, 5.41) is 16.3. The number of aliphatic hydroxyl groups is 1. The lowest BCUT2D eigenvalue weighted by Crippen LogP contribution is -2.31. The molecule has 2 rings (SSSR count). The number of nitrogens with zero attached hydrogens (tertiary/aromatic N) is 3. The highest BCUT2D eigenvalue weighted by Crippen LogP contribution is 2.27. The molecule has 9 heteroatoms. The predicted octanol–water partition coefficient (Wildman–Crippen LogP) is 2.76. The van der Waals surface area contributed by atoms with Crippen molar-refractivity contribution < 1.29 is 19.0 Å². The highest BCUT2D eigenvalue weighted by Gasteiger charge is 2.23. The predicted molar refractivity (Wildman–Crippen MR) is 116 cm³/mol. The number of carbonyl (C=O) groups is 1. The number of nitrogens with one attached hydrogen (secondary N) is 1. The smallest absolute Gasteiger partial charge is 0.350 e. The van der Waals surface area contributed by atoms with Crippen LogP contribution in [0.5, 0.6) is 5.75 Å². The molecule has 1 aromatic heterocycles. The molecule has 1 amide bonds. The molecule has 31 heavy (non-hydrogen) atoms. The first-order chi connectivity index (χ1) is 14.4. The number of benzene rings is 1. The Hall–Kier alpha value is -2.68. The first kappa shape index (κ1) is 24.6. The third-order valence-corrected chi connectivity index (χ3v) is 4.74. The zero-order chi connectivity index (χ0) is 23.5. The molecule has 2 N–H and O–H groups in total. The normalized spacial score (nSPS) is 13.5. The van der Waals surface area contributed by atoms with Gasteiger partial charge in [-0.05, 0) is 32.3 Å². The largest absolute Gasteiger partial charge is 0.490 e. The summed E-state index contributed by atoms with van der Waals surface area (Å²) in [6.45, 7) is 11.3. The molecule has 0 saturated heterocycles. The number of hydrogen-bond donors (Lipinski definition) is 2. The van der Waals surface area contributed by atoms with Gasteiger partial charge < -0.3 is 15.2 Å². The maximum absolute atomic E-state index is 15.1. The fourth-order valence-electron chi connectivity index (χ4n) is 3.36. The van der Waals surface area contributed by atoms with Crippen LogP contribution in [0.1, 0.15) is 70.1 Å². The van der Waals surface area contributed by atoms with E-state index in [-0.39, 0.29) is 35.6 Å². The summed E-state index contributed by atoms with van der Waals surface area (Å²) in [5.41, 5.74) is -0.591. The van der Waals surface area contributed by atoms with Gasteiger partial charge in [-0.3, -0.25) is 9.36 Å². The van der Waals surface area contributed by atoms with Crippen LogP contribution in [0.15, 0.2) is 16.9 Å². The van der Waals surface area contributed by atoms with Crippen LogP contribution in [0, 0.1) is 11.7 Å². The molecule has 0 saturated carbocycles. The van der Waals surface area contributed by atoms with Gasteiger partial charge in [-0.15, -0.1) is 5.10 Å². The van der Waals surface area contributed by atoms with E-state index in [0.29, 0.717) is 11.7 Å². The molecule has 0 bridgehead atoms. The van der Waals surface area contributed by atoms with Crippen molar-refractivity contribution >= 4 is 5.91 Å². The van der Waals surface area contributed by atoms with Crippen LogP contribution in [-0.2, 0) is 7.05 Å². The van der Waals surface area contributed by atoms with Gasteiger partial charge in [0.05, 0.1) is 17.8 Å². The number of aliphatic hydroxyl groups excluding tert-OH is 1. The van der Waals surface area contributed by atoms with Crippen LogP contribution >= 0.6 is 0 Å². The lowest BCUT2D eigenvalue weighted by atomic mass is 10.1. The van der Waals surface area contributed by atoms with E-state index in [9.17, 15) is 14.7 Å². The van der Waals surface area contributed by atoms with Gasteiger partial charge in [0.25, 0.3) is 5.91 Å². The Morgan fingerprint density at radius 2 is 1.87 bits per heavy atom. The number of halogens is 1. The molecule has 0 aliphatic rings. The number of rotatable bonds is 9. The standard InChI is InChI=1S/C22H33FN4O4/c1-12(2)8-15(6)31-19-10-18(27-22(30)26(7)20(25-27)13(3)4)17(23)9-16(19)21(29)24-11-14(5)28/h9-10,12-15,28H,8,11H2,1-7H3,(H,24,29)/t14?,15-/m0/s1. The van der Waals surface area contributed by atoms with Crippen molar-refractivity contribution in [2.75, 3.05) is 6.54 Å². The van der Waals surface area contributed by atoms with Crippen molar-refractivity contribution in [1.29, 1.82) is 0 Å². The minimum absolute atomic E-state index is 0.00873. The van der Waals surface area contributed by atoms with Crippen molar-refractivity contribution in [3.05, 3.63) is 39.8 Å². The van der Waals surface area contributed by atoms with Crippen LogP contribution in [0.2, 0.25) is 0 Å². The van der Waals surface area contributed by atoms with E-state index in [0.717, 1.165) is 17.2 Å². The zero-order valence-corrected chi connectivity index (χ0v) is 19.3. The summed E-state index contributed by atoms with van der Waals surface area (Å²) in [7, 11) is 1.58. The molecule has 1 heterocycles. The average Bonchev–Trinajstić information content (AvgIpc) is 2.95. The molecule has 8 nitrogen and oxygen atoms in total. The number of carbonyl (C=O) groups excluding carboxylic acids is 1. The molecule has 0 aliphatic carbocycles. The van der Waals surface area contributed by atoms with Crippen molar-refractivity contribution in [3.63, 3.8) is 0 Å². The lowest BCUT2D eigenvalue weighted by Gasteiger charge is -2.20. The van der Waals surface area contributed by atoms with Gasteiger partial charge in [-0.2, -0.15) is 4.68 Å². The summed E-state index contributed by atoms with van der Waals surface area (Å²) in [4.78, 5) is 25.3. The molecule has 1 unspecified atom stereocenters. The second-order valence-electron chi connectivity index (χ2n) is 8.68. The molecular weight excluding hydrogens is 403 g/mol. The summed E-state index contributed by atoms with van der Waals surface area (Å²) in [6.07, 6.45) is -0.269. The maximum Gasteiger partial charge on any atom is 0.350 e. The van der Waals surface area contributed by atoms with Gasteiger partial charge >= 0.3 is 5.69 Å². The first-order valence-electron chi connectivity index (χ1n) is 10.5. The molecule has 0 aliphatic heterocycles. The van der Waals surface area contributed by atoms with Gasteiger partial charge in [0, 0.05) is 25.6 Å². The van der Waals surface area contributed by atoms with E-state index in [2.05, 4.69) is 10.4 Å². The Balaban J connectivity index is 2.57. The summed E-state index contributed by atoms with van der Waals surface area (Å²) in [6, 6.07) is 2.38. The van der Waals surface area contributed by atoms with Gasteiger partial charge in [-0.25, -0.2) is 9.18 Å². The Morgan fingerprint density at radius 3 is 2.39 bits per heavy atom. The van der Waals surface area contributed by atoms with Crippen LogP contribution in [0.25, 0.3) is 5.69 Å². The second-order valence-corrected chi connectivity index (χ2v) is 8.68. The van der Waals surface area contributed by atoms with Crippen molar-refractivity contribution in [3.8, 4) is 11.4 Å². The fourth-order valence-corrected chi connectivity index (χ4v) is 3.36. The second kappa shape index (κ2) is 10.1. The molecule has 2 atom stereocenters. The van der Waals surface area contributed by atoms with E-state index in [1.165, 1.54) is 17.6 Å². The van der Waals surface area contributed by atoms with Crippen LogP contribution in [0.4, 0.5) is 4.39 Å². The molecule has 1 aromatic carbocycles. The van der Waals surface area contributed by atoms with Crippen LogP contribution in [0.3, 0.4) is 0 Å². The minimum Gasteiger partial charge on any atom is -0.490 e. The van der Waals surface area contributed by atoms with E-state index in [1.807, 2.05) is 34.6 Å². The number of hydrogen-bond acceptors (Lipinski definition) is 5. The highest BCUT2D eigenvalue weighted by molar-refractivity contribution is 5.97. The molecule has 0 spiro atoms. The molecule has 172 valence electrons. The third-order valence-electron chi connectivity index (χ3n) is 4.74. The number of ether oxygens (including phenoxy) is 1. The molecule has 0 radical (unpaired) electrons. The Kier molecular flexibility index (Phi) is 8.00. The van der Waals surface area contributed by atoms with Gasteiger partial charge in [0.1, 0.15) is 23.1 Å². The summed E-state index contributed by atoms with van der Waals surface area (Å²) in [5.74, 6) is -0.366. The molecule has 0 fully saturated rings. The van der Waals surface area contributed by atoms with E-state index in [1.54, 1.807) is 7.05 Å². The van der Waals surface area contributed by atoms with Gasteiger partial charge in [0.15, 0.2) is 0 Å². The SMILES string of the molecule is CC(C)C[C@H](C)Oc1cc(-n2nc(C(C)C)n(C)c2=O)c(F)cc1C(=O)NCC(C)O. The number of aromatic nitrogens is 3. The quantitative estimate of drug-likeness (QED) is 0.630. The van der Waals surface area contributed by atoms with Gasteiger partial charge in [-0.1, -0.05) is 27.7 Å². The molecule has 2 aromatic rings. The lowest BCUT2D eigenvalue weighted by molar-refractivity contribution is 0.0915. The van der Waals surface area contributed by atoms with Crippen molar-refractivity contribution in [1.82, 2.24) is 19.7 Å². The summed E-state index contributed by atoms with van der Waals surface area (Å²) >= 11 is 0. The average molecular weight is 437 g/mol. The number of amides is 1. The Morgan fingerprint density at radius 1 is 1.23 bits per heavy atom. The highest BCUT2D eigenvalue weighted by atomic mass is 19.1. The van der Waals surface area contributed by atoms with Crippen LogP contribution < -0.4 is 15.7 Å². The minimum atomic E-state index is -0.776. The van der Waals surface area contributed by atoms with Crippen molar-refractivity contribution in [2.24, 2.45) is 13.0 Å². The fraction of sp³-hybridized carbons (Fsp3) is 0.591. The molecular formula is C22H33FN4O4. The van der Waals surface area contributed by atoms with Crippen LogP contribution in [-0.4, -0.2) is 44.1 Å². The maximum atomic E-state index is 15.1. The summed E-state index contributed by atoms with van der Waals surface area (Å²) < 4.78 is 23.4. The van der Waals surface area contributed by atoms with E-state index < -0.39 is 23.5 Å². The topological polar surface area (TPSA) is 98.4 Å². The van der Waals surface area contributed by atoms with E-state index >= 15 is 4.39 Å². The monoisotopic (exact) mass is 436 g/mol.